The zero-order chi connectivity index (χ0) is 14.1. The lowest BCUT2D eigenvalue weighted by Gasteiger charge is -2.14. The molecule has 118 valence electrons. The van der Waals surface area contributed by atoms with Crippen LogP contribution in [0.1, 0.15) is 30.9 Å². The highest BCUT2D eigenvalue weighted by molar-refractivity contribution is 8.00. The molecule has 1 aromatic carbocycles. The molecule has 0 saturated heterocycles. The van der Waals surface area contributed by atoms with Crippen molar-refractivity contribution in [2.75, 3.05) is 0 Å². The molecule has 0 unspecified atom stereocenters. The summed E-state index contributed by atoms with van der Waals surface area (Å²) in [6, 6.07) is 2.53. The van der Waals surface area contributed by atoms with Crippen LogP contribution in [0.15, 0.2) is 23.1 Å². The molecule has 0 spiro atoms. The number of halogens is 6. The van der Waals surface area contributed by atoms with Crippen LogP contribution in [0.2, 0.25) is 0 Å². The Labute approximate surface area is 115 Å². The Kier molecular flexibility index (Phi) is 7.68. The summed E-state index contributed by atoms with van der Waals surface area (Å²) in [4.78, 5) is -0.443. The molecular weight excluding hydrogens is 310 g/mol. The normalized spacial score (nSPS) is 11.8. The van der Waals surface area contributed by atoms with E-state index < -0.39 is 33.9 Å². The molecule has 9 heteroatoms. The maximum atomic E-state index is 12.6. The van der Waals surface area contributed by atoms with Crippen LogP contribution < -0.4 is 0 Å². The maximum absolute atomic E-state index is 12.6. The predicted octanol–water partition coefficient (Wildman–Crippen LogP) is 3.79. The molecule has 0 atom stereocenters. The quantitative estimate of drug-likeness (QED) is 0.603. The third kappa shape index (κ3) is 6.49. The van der Waals surface area contributed by atoms with E-state index in [1.165, 1.54) is 0 Å². The summed E-state index contributed by atoms with van der Waals surface area (Å²) in [7, 11) is 0. The summed E-state index contributed by atoms with van der Waals surface area (Å²) in [6.45, 7) is 3.25. The molecular formula is C11H14F6O2S. The molecule has 1 rings (SSSR count). The van der Waals surface area contributed by atoms with Crippen LogP contribution in [0.3, 0.4) is 0 Å². The van der Waals surface area contributed by atoms with Gasteiger partial charge in [0.05, 0.1) is 5.56 Å². The minimum atomic E-state index is -4.65. The molecule has 20 heavy (non-hydrogen) atoms. The average Bonchev–Trinajstić information content (AvgIpc) is 2.12. The van der Waals surface area contributed by atoms with Crippen molar-refractivity contribution in [2.45, 2.75) is 36.3 Å². The van der Waals surface area contributed by atoms with Crippen molar-refractivity contribution in [2.24, 2.45) is 0 Å². The van der Waals surface area contributed by atoms with E-state index in [1.807, 2.05) is 0 Å². The van der Waals surface area contributed by atoms with Gasteiger partial charge in [0.1, 0.15) is 0 Å². The summed E-state index contributed by atoms with van der Waals surface area (Å²) in [5.74, 6) is -0.278. The molecule has 0 aliphatic rings. The first-order chi connectivity index (χ1) is 7.99. The lowest BCUT2D eigenvalue weighted by molar-refractivity contribution is -0.137. The standard InChI is InChI=1S/C11H10F6S.2H2O/c1-6(2)7-3-8(10(12,13)14)5-9(4-7)18-11(15,16)17;;/h3-6H,1-2H3;2*1H2. The monoisotopic (exact) mass is 324 g/mol. The molecule has 4 N–H and O–H groups in total. The van der Waals surface area contributed by atoms with E-state index in [0.29, 0.717) is 6.07 Å². The van der Waals surface area contributed by atoms with E-state index >= 15 is 0 Å². The maximum Gasteiger partial charge on any atom is 0.446 e. The zero-order valence-electron chi connectivity index (χ0n) is 10.5. The topological polar surface area (TPSA) is 63.0 Å². The Balaban J connectivity index is 0. The van der Waals surface area contributed by atoms with E-state index in [4.69, 9.17) is 0 Å². The molecule has 0 saturated carbocycles. The molecule has 2 nitrogen and oxygen atoms in total. The highest BCUT2D eigenvalue weighted by Crippen LogP contribution is 2.40. The van der Waals surface area contributed by atoms with Crippen molar-refractivity contribution in [1.82, 2.24) is 0 Å². The van der Waals surface area contributed by atoms with Crippen LogP contribution in [0, 0.1) is 0 Å². The van der Waals surface area contributed by atoms with Gasteiger partial charge in [0, 0.05) is 4.90 Å². The SMILES string of the molecule is CC(C)c1cc(SC(F)(F)F)cc(C(F)(F)F)c1.O.O. The fraction of sp³-hybridized carbons (Fsp3) is 0.455. The molecule has 0 fully saturated rings. The average molecular weight is 324 g/mol. The van der Waals surface area contributed by atoms with Crippen molar-refractivity contribution in [3.05, 3.63) is 29.3 Å². The van der Waals surface area contributed by atoms with Crippen LogP contribution in [0.4, 0.5) is 26.3 Å². The largest absolute Gasteiger partial charge is 0.446 e. The number of thioether (sulfide) groups is 1. The van der Waals surface area contributed by atoms with Gasteiger partial charge in [-0.1, -0.05) is 13.8 Å². The van der Waals surface area contributed by atoms with Gasteiger partial charge in [-0.25, -0.2) is 0 Å². The fourth-order valence-electron chi connectivity index (χ4n) is 1.31. The number of hydrogen-bond donors (Lipinski definition) is 0. The van der Waals surface area contributed by atoms with E-state index in [2.05, 4.69) is 0 Å². The molecule has 0 radical (unpaired) electrons. The Hall–Kier alpha value is -0.930. The van der Waals surface area contributed by atoms with Crippen molar-refractivity contribution >= 4 is 11.8 Å². The van der Waals surface area contributed by atoms with E-state index in [-0.39, 0.29) is 22.4 Å². The Morgan fingerprint density at radius 2 is 1.40 bits per heavy atom. The number of benzene rings is 1. The smallest absolute Gasteiger partial charge is 0.412 e. The van der Waals surface area contributed by atoms with Gasteiger partial charge in [-0.05, 0) is 41.4 Å². The van der Waals surface area contributed by atoms with Crippen molar-refractivity contribution < 1.29 is 37.3 Å². The summed E-state index contributed by atoms with van der Waals surface area (Å²) >= 11 is -0.537. The Bertz CT molecular complexity index is 428. The van der Waals surface area contributed by atoms with Gasteiger partial charge in [0.2, 0.25) is 0 Å². The molecule has 0 heterocycles. The fourth-order valence-corrected chi connectivity index (χ4v) is 1.96. The summed E-state index contributed by atoms with van der Waals surface area (Å²) < 4.78 is 74.2. The minimum Gasteiger partial charge on any atom is -0.412 e. The summed E-state index contributed by atoms with van der Waals surface area (Å²) in [5.41, 5.74) is -5.42. The van der Waals surface area contributed by atoms with E-state index in [0.717, 1.165) is 12.1 Å². The number of rotatable bonds is 2. The molecule has 0 amide bonds. The van der Waals surface area contributed by atoms with E-state index in [9.17, 15) is 26.3 Å². The predicted molar refractivity (Wildman–Crippen MR) is 64.7 cm³/mol. The van der Waals surface area contributed by atoms with Gasteiger partial charge in [0.15, 0.2) is 0 Å². The first kappa shape index (κ1) is 21.4. The second kappa shape index (κ2) is 7.19. The Morgan fingerprint density at radius 3 is 1.75 bits per heavy atom. The molecule has 1 aromatic rings. The van der Waals surface area contributed by atoms with Crippen molar-refractivity contribution in [3.8, 4) is 0 Å². The van der Waals surface area contributed by atoms with E-state index in [1.54, 1.807) is 13.8 Å². The summed E-state index contributed by atoms with van der Waals surface area (Å²) in [6.07, 6.45) is -4.65. The minimum absolute atomic E-state index is 0. The molecule has 0 aliphatic heterocycles. The highest BCUT2D eigenvalue weighted by atomic mass is 32.2. The van der Waals surface area contributed by atoms with Crippen molar-refractivity contribution in [3.63, 3.8) is 0 Å². The first-order valence-electron chi connectivity index (χ1n) is 4.97. The van der Waals surface area contributed by atoms with Gasteiger partial charge in [-0.3, -0.25) is 0 Å². The van der Waals surface area contributed by atoms with Gasteiger partial charge in [-0.15, -0.1) is 0 Å². The second-order valence-corrected chi connectivity index (χ2v) is 5.13. The lowest BCUT2D eigenvalue weighted by Crippen LogP contribution is -2.07. The molecule has 0 aromatic heterocycles. The Morgan fingerprint density at radius 1 is 0.900 bits per heavy atom. The van der Waals surface area contributed by atoms with Gasteiger partial charge in [-0.2, -0.15) is 26.3 Å². The van der Waals surface area contributed by atoms with Crippen molar-refractivity contribution in [1.29, 1.82) is 0 Å². The van der Waals surface area contributed by atoms with Gasteiger partial charge >= 0.3 is 11.7 Å². The molecule has 0 aliphatic carbocycles. The van der Waals surface area contributed by atoms with Crippen LogP contribution in [-0.4, -0.2) is 16.5 Å². The number of alkyl halides is 6. The van der Waals surface area contributed by atoms with Crippen LogP contribution in [0.25, 0.3) is 0 Å². The van der Waals surface area contributed by atoms with Gasteiger partial charge in [0.25, 0.3) is 0 Å². The lowest BCUT2D eigenvalue weighted by atomic mass is 10.0. The first-order valence-corrected chi connectivity index (χ1v) is 5.78. The zero-order valence-corrected chi connectivity index (χ0v) is 11.3. The van der Waals surface area contributed by atoms with Crippen LogP contribution in [-0.2, 0) is 6.18 Å². The van der Waals surface area contributed by atoms with Gasteiger partial charge < -0.3 is 11.0 Å². The third-order valence-corrected chi connectivity index (χ3v) is 2.86. The highest BCUT2D eigenvalue weighted by Gasteiger charge is 2.34. The third-order valence-electron chi connectivity index (χ3n) is 2.16. The molecule has 0 bridgehead atoms. The summed E-state index contributed by atoms with van der Waals surface area (Å²) in [5, 5.41) is 0. The number of hydrogen-bond acceptors (Lipinski definition) is 1. The second-order valence-electron chi connectivity index (χ2n) is 3.99. The van der Waals surface area contributed by atoms with Crippen LogP contribution >= 0.6 is 11.8 Å². The van der Waals surface area contributed by atoms with Crippen LogP contribution in [0.5, 0.6) is 0 Å².